The van der Waals surface area contributed by atoms with Gasteiger partial charge in [0.15, 0.2) is 0 Å². The number of carbonyl (C=O) groups excluding carboxylic acids is 1. The monoisotopic (exact) mass is 402 g/mol. The Bertz CT molecular complexity index is 950. The van der Waals surface area contributed by atoms with Crippen LogP contribution in [0.3, 0.4) is 0 Å². The van der Waals surface area contributed by atoms with Crippen molar-refractivity contribution in [2.45, 2.75) is 18.7 Å². The average Bonchev–Trinajstić information content (AvgIpc) is 2.65. The molecule has 2 N–H and O–H groups in total. The summed E-state index contributed by atoms with van der Waals surface area (Å²) in [4.78, 5) is 14.9. The Morgan fingerprint density at radius 3 is 2.25 bits per heavy atom. The van der Waals surface area contributed by atoms with Crippen molar-refractivity contribution < 1.29 is 13.2 Å². The summed E-state index contributed by atoms with van der Waals surface area (Å²) in [5.74, 6) is -0.200. The maximum atomic E-state index is 12.7. The molecule has 28 heavy (non-hydrogen) atoms. The third-order valence-electron chi connectivity index (χ3n) is 4.80. The normalized spacial score (nSPS) is 16.0. The van der Waals surface area contributed by atoms with Crippen LogP contribution in [0.5, 0.6) is 0 Å². The minimum Gasteiger partial charge on any atom is -0.304 e. The lowest BCUT2D eigenvalue weighted by molar-refractivity contribution is 0.0662. The standard InChI is InChI=1S/C20H26N4O3S/c1-15-4-5-16(2)19(14-15)28(26,27)22-18-8-6-17(7-9-18)20(25)21-24-12-10-23(3)11-13-24/h4-9,14,22H,10-13H2,1-3H3,(H,21,25). The van der Waals surface area contributed by atoms with E-state index in [1.165, 1.54) is 0 Å². The molecule has 0 radical (unpaired) electrons. The molecule has 1 fully saturated rings. The summed E-state index contributed by atoms with van der Waals surface area (Å²) >= 11 is 0. The van der Waals surface area contributed by atoms with Gasteiger partial charge in [-0.3, -0.25) is 14.9 Å². The SMILES string of the molecule is Cc1ccc(C)c(S(=O)(=O)Nc2ccc(C(=O)NN3CCN(C)CC3)cc2)c1. The van der Waals surface area contributed by atoms with Crippen LogP contribution in [0.1, 0.15) is 21.5 Å². The third kappa shape index (κ3) is 4.89. The van der Waals surface area contributed by atoms with Gasteiger partial charge in [0, 0.05) is 37.4 Å². The van der Waals surface area contributed by atoms with Crippen LogP contribution < -0.4 is 10.1 Å². The second-order valence-electron chi connectivity index (χ2n) is 7.18. The number of hydrogen-bond donors (Lipinski definition) is 2. The van der Waals surface area contributed by atoms with Gasteiger partial charge in [-0.2, -0.15) is 0 Å². The molecule has 3 rings (SSSR count). The highest BCUT2D eigenvalue weighted by molar-refractivity contribution is 7.92. The third-order valence-corrected chi connectivity index (χ3v) is 6.32. The zero-order valence-corrected chi connectivity index (χ0v) is 17.2. The van der Waals surface area contributed by atoms with Crippen LogP contribution in [-0.2, 0) is 10.0 Å². The van der Waals surface area contributed by atoms with Gasteiger partial charge in [0.1, 0.15) is 0 Å². The molecule has 7 nitrogen and oxygen atoms in total. The van der Waals surface area contributed by atoms with E-state index in [0.29, 0.717) is 16.8 Å². The summed E-state index contributed by atoms with van der Waals surface area (Å²) in [7, 11) is -1.64. The number of likely N-dealkylation sites (N-methyl/N-ethyl adjacent to an activating group) is 1. The molecule has 0 saturated carbocycles. The van der Waals surface area contributed by atoms with Crippen LogP contribution in [0.4, 0.5) is 5.69 Å². The summed E-state index contributed by atoms with van der Waals surface area (Å²) in [6.07, 6.45) is 0. The number of nitrogens with zero attached hydrogens (tertiary/aromatic N) is 2. The van der Waals surface area contributed by atoms with Gasteiger partial charge in [0.05, 0.1) is 4.90 Å². The number of amides is 1. The van der Waals surface area contributed by atoms with E-state index in [1.807, 2.05) is 18.0 Å². The number of hydrogen-bond acceptors (Lipinski definition) is 5. The van der Waals surface area contributed by atoms with Crippen molar-refractivity contribution >= 4 is 21.6 Å². The van der Waals surface area contributed by atoms with Crippen LogP contribution in [0.25, 0.3) is 0 Å². The van der Waals surface area contributed by atoms with E-state index in [-0.39, 0.29) is 10.8 Å². The van der Waals surface area contributed by atoms with Gasteiger partial charge in [-0.05, 0) is 62.4 Å². The molecule has 0 unspecified atom stereocenters. The van der Waals surface area contributed by atoms with E-state index in [2.05, 4.69) is 22.1 Å². The van der Waals surface area contributed by atoms with E-state index >= 15 is 0 Å². The molecule has 0 bridgehead atoms. The van der Waals surface area contributed by atoms with Crippen molar-refractivity contribution in [3.63, 3.8) is 0 Å². The zero-order valence-electron chi connectivity index (χ0n) is 16.4. The fraction of sp³-hybridized carbons (Fsp3) is 0.350. The van der Waals surface area contributed by atoms with Crippen LogP contribution in [0.15, 0.2) is 47.4 Å². The number of sulfonamides is 1. The molecule has 1 aliphatic rings. The number of nitrogens with one attached hydrogen (secondary N) is 2. The Kier molecular flexibility index (Phi) is 6.02. The Hall–Kier alpha value is -2.42. The molecule has 0 aromatic heterocycles. The number of aryl methyl sites for hydroxylation is 2. The second-order valence-corrected chi connectivity index (χ2v) is 8.83. The minimum atomic E-state index is -3.69. The topological polar surface area (TPSA) is 81.7 Å². The Labute approximate surface area is 166 Å². The average molecular weight is 403 g/mol. The fourth-order valence-corrected chi connectivity index (χ4v) is 4.41. The molecule has 1 heterocycles. The molecule has 0 spiro atoms. The lowest BCUT2D eigenvalue weighted by Crippen LogP contribution is -2.52. The number of hydrazine groups is 1. The predicted octanol–water partition coefficient (Wildman–Crippen LogP) is 2.00. The summed E-state index contributed by atoms with van der Waals surface area (Å²) < 4.78 is 27.9. The molecule has 0 atom stereocenters. The van der Waals surface area contributed by atoms with Crippen molar-refractivity contribution in [1.82, 2.24) is 15.3 Å². The number of piperazine rings is 1. The number of anilines is 1. The van der Waals surface area contributed by atoms with E-state index in [1.54, 1.807) is 43.3 Å². The first-order valence-corrected chi connectivity index (χ1v) is 10.7. The maximum absolute atomic E-state index is 12.7. The zero-order chi connectivity index (χ0) is 20.3. The predicted molar refractivity (Wildman–Crippen MR) is 110 cm³/mol. The Morgan fingerprint density at radius 1 is 0.964 bits per heavy atom. The highest BCUT2D eigenvalue weighted by atomic mass is 32.2. The minimum absolute atomic E-state index is 0.200. The van der Waals surface area contributed by atoms with Crippen LogP contribution in [0.2, 0.25) is 0 Å². The molecular weight excluding hydrogens is 376 g/mol. The van der Waals surface area contributed by atoms with Crippen molar-refractivity contribution in [1.29, 1.82) is 0 Å². The molecular formula is C20H26N4O3S. The van der Waals surface area contributed by atoms with Gasteiger partial charge in [-0.1, -0.05) is 12.1 Å². The van der Waals surface area contributed by atoms with Crippen molar-refractivity contribution in [2.24, 2.45) is 0 Å². The van der Waals surface area contributed by atoms with Gasteiger partial charge in [0.2, 0.25) is 0 Å². The quantitative estimate of drug-likeness (QED) is 0.799. The lowest BCUT2D eigenvalue weighted by Gasteiger charge is -2.32. The summed E-state index contributed by atoms with van der Waals surface area (Å²) in [5.41, 5.74) is 5.34. The van der Waals surface area contributed by atoms with Crippen molar-refractivity contribution in [3.8, 4) is 0 Å². The molecule has 150 valence electrons. The number of benzene rings is 2. The Morgan fingerprint density at radius 2 is 1.61 bits per heavy atom. The molecule has 1 aliphatic heterocycles. The Balaban J connectivity index is 1.67. The first-order chi connectivity index (χ1) is 13.2. The summed E-state index contributed by atoms with van der Waals surface area (Å²) in [6, 6.07) is 11.7. The van der Waals surface area contributed by atoms with Gasteiger partial charge >= 0.3 is 0 Å². The van der Waals surface area contributed by atoms with Gasteiger partial charge in [0.25, 0.3) is 15.9 Å². The maximum Gasteiger partial charge on any atom is 0.265 e. The highest BCUT2D eigenvalue weighted by Crippen LogP contribution is 2.21. The molecule has 2 aromatic rings. The largest absolute Gasteiger partial charge is 0.304 e. The fourth-order valence-electron chi connectivity index (χ4n) is 3.02. The highest BCUT2D eigenvalue weighted by Gasteiger charge is 2.19. The van der Waals surface area contributed by atoms with Gasteiger partial charge < -0.3 is 4.90 Å². The first kappa shape index (κ1) is 20.3. The van der Waals surface area contributed by atoms with Gasteiger partial charge in [-0.25, -0.2) is 13.4 Å². The van der Waals surface area contributed by atoms with Gasteiger partial charge in [-0.15, -0.1) is 0 Å². The molecule has 0 aliphatic carbocycles. The van der Waals surface area contributed by atoms with Crippen molar-refractivity contribution in [2.75, 3.05) is 37.9 Å². The number of carbonyl (C=O) groups is 1. The van der Waals surface area contributed by atoms with E-state index in [9.17, 15) is 13.2 Å². The molecule has 1 amide bonds. The summed E-state index contributed by atoms with van der Waals surface area (Å²) in [5, 5.41) is 1.90. The number of rotatable bonds is 5. The molecule has 8 heteroatoms. The van der Waals surface area contributed by atoms with Crippen LogP contribution >= 0.6 is 0 Å². The second kappa shape index (κ2) is 8.30. The first-order valence-electron chi connectivity index (χ1n) is 9.19. The molecule has 2 aromatic carbocycles. The van der Waals surface area contributed by atoms with Crippen LogP contribution in [0, 0.1) is 13.8 Å². The summed E-state index contributed by atoms with van der Waals surface area (Å²) in [6.45, 7) is 6.97. The van der Waals surface area contributed by atoms with Crippen LogP contribution in [-0.4, -0.2) is 57.5 Å². The van der Waals surface area contributed by atoms with E-state index in [4.69, 9.17) is 0 Å². The molecule has 1 saturated heterocycles. The smallest absolute Gasteiger partial charge is 0.265 e. The van der Waals surface area contributed by atoms with Crippen molar-refractivity contribution in [3.05, 3.63) is 59.2 Å². The van der Waals surface area contributed by atoms with E-state index in [0.717, 1.165) is 31.7 Å². The van der Waals surface area contributed by atoms with E-state index < -0.39 is 10.0 Å². The lowest BCUT2D eigenvalue weighted by atomic mass is 10.2.